The number of benzene rings is 1. The Kier molecular flexibility index (Phi) is 5.00. The monoisotopic (exact) mass is 382 g/mol. The maximum absolute atomic E-state index is 12.6. The Hall–Kier alpha value is -1.93. The van der Waals surface area contributed by atoms with E-state index >= 15 is 0 Å². The molecule has 0 aliphatic rings. The fraction of sp³-hybridized carbons (Fsp3) is 0.286. The zero-order chi connectivity index (χ0) is 18.2. The molecular weight excluding hydrogens is 372 g/mol. The van der Waals surface area contributed by atoms with Crippen molar-refractivity contribution in [1.29, 1.82) is 0 Å². The number of hydrogen-bond acceptors (Lipinski definition) is 3. The van der Waals surface area contributed by atoms with Crippen molar-refractivity contribution in [3.63, 3.8) is 0 Å². The van der Waals surface area contributed by atoms with Gasteiger partial charge in [0.05, 0.1) is 21.8 Å². The van der Waals surface area contributed by atoms with Crippen LogP contribution < -0.4 is 16.0 Å². The standard InChI is InChI=1S/C14H11Cl2F3N2O3/c1-6(2)24-12-8(15)3-7(4-9(12)16)21-11(22)5-10(14(17,18)19)20-13(21)23/h3-6H,1-2H3,(H,20,23). The molecule has 5 nitrogen and oxygen atoms in total. The summed E-state index contributed by atoms with van der Waals surface area (Å²) >= 11 is 12.0. The fourth-order valence-corrected chi connectivity index (χ4v) is 2.48. The van der Waals surface area contributed by atoms with Crippen LogP contribution in [0.1, 0.15) is 19.5 Å². The van der Waals surface area contributed by atoms with Crippen LogP contribution in [-0.2, 0) is 6.18 Å². The van der Waals surface area contributed by atoms with Gasteiger partial charge in [-0.25, -0.2) is 9.36 Å². The van der Waals surface area contributed by atoms with Crippen molar-refractivity contribution in [3.8, 4) is 11.4 Å². The summed E-state index contributed by atoms with van der Waals surface area (Å²) in [6.45, 7) is 3.48. The van der Waals surface area contributed by atoms with Gasteiger partial charge in [-0.05, 0) is 26.0 Å². The molecule has 0 unspecified atom stereocenters. The van der Waals surface area contributed by atoms with Crippen LogP contribution in [0.5, 0.6) is 5.75 Å². The molecule has 1 heterocycles. The molecule has 0 aliphatic heterocycles. The average Bonchev–Trinajstić information content (AvgIpc) is 2.41. The second-order valence-electron chi connectivity index (χ2n) is 5.06. The summed E-state index contributed by atoms with van der Waals surface area (Å²) in [6, 6.07) is 2.69. The van der Waals surface area contributed by atoms with Gasteiger partial charge in [-0.15, -0.1) is 0 Å². The van der Waals surface area contributed by atoms with Crippen molar-refractivity contribution in [1.82, 2.24) is 9.55 Å². The molecule has 0 aliphatic carbocycles. The number of halogens is 5. The molecule has 1 aromatic heterocycles. The lowest BCUT2D eigenvalue weighted by Crippen LogP contribution is -2.35. The highest BCUT2D eigenvalue weighted by Gasteiger charge is 2.33. The van der Waals surface area contributed by atoms with Crippen molar-refractivity contribution in [3.05, 3.63) is 54.8 Å². The van der Waals surface area contributed by atoms with E-state index in [2.05, 4.69) is 0 Å². The van der Waals surface area contributed by atoms with Gasteiger partial charge >= 0.3 is 11.9 Å². The van der Waals surface area contributed by atoms with Crippen LogP contribution in [-0.4, -0.2) is 15.7 Å². The Bertz CT molecular complexity index is 834. The van der Waals surface area contributed by atoms with Gasteiger partial charge in [-0.2, -0.15) is 13.2 Å². The van der Waals surface area contributed by atoms with Gasteiger partial charge in [0.15, 0.2) is 5.75 Å². The third-order valence-corrected chi connectivity index (χ3v) is 3.39. The van der Waals surface area contributed by atoms with E-state index in [9.17, 15) is 22.8 Å². The summed E-state index contributed by atoms with van der Waals surface area (Å²) in [5.41, 5.74) is -3.96. The maximum Gasteiger partial charge on any atom is 0.431 e. The highest BCUT2D eigenvalue weighted by atomic mass is 35.5. The van der Waals surface area contributed by atoms with E-state index in [-0.39, 0.29) is 33.7 Å². The zero-order valence-electron chi connectivity index (χ0n) is 12.4. The Morgan fingerprint density at radius 2 is 1.67 bits per heavy atom. The molecule has 0 saturated carbocycles. The van der Waals surface area contributed by atoms with Crippen molar-refractivity contribution in [2.75, 3.05) is 0 Å². The quantitative estimate of drug-likeness (QED) is 0.881. The molecular formula is C14H11Cl2F3N2O3. The number of nitrogens with one attached hydrogen (secondary N) is 1. The first-order chi connectivity index (χ1) is 11.0. The first kappa shape index (κ1) is 18.4. The summed E-state index contributed by atoms with van der Waals surface area (Å²) in [5, 5.41) is 0.0230. The molecule has 130 valence electrons. The van der Waals surface area contributed by atoms with Crippen LogP contribution in [0, 0.1) is 0 Å². The van der Waals surface area contributed by atoms with E-state index in [1.807, 2.05) is 0 Å². The summed E-state index contributed by atoms with van der Waals surface area (Å²) in [4.78, 5) is 25.4. The molecule has 1 N–H and O–H groups in total. The molecule has 0 spiro atoms. The predicted octanol–water partition coefficient (Wildman–Crippen LogP) is 3.64. The highest BCUT2D eigenvalue weighted by molar-refractivity contribution is 6.37. The number of aromatic amines is 1. The molecule has 1 aromatic carbocycles. The Morgan fingerprint density at radius 1 is 1.12 bits per heavy atom. The minimum atomic E-state index is -4.85. The van der Waals surface area contributed by atoms with Crippen LogP contribution in [0.25, 0.3) is 5.69 Å². The molecule has 0 bridgehead atoms. The highest BCUT2D eigenvalue weighted by Crippen LogP contribution is 2.35. The normalized spacial score (nSPS) is 11.8. The van der Waals surface area contributed by atoms with Gasteiger partial charge in [0.2, 0.25) is 0 Å². The van der Waals surface area contributed by atoms with Gasteiger partial charge in [0.1, 0.15) is 5.69 Å². The van der Waals surface area contributed by atoms with Gasteiger partial charge < -0.3 is 9.72 Å². The summed E-state index contributed by atoms with van der Waals surface area (Å²) in [6.07, 6.45) is -5.08. The van der Waals surface area contributed by atoms with Crippen molar-refractivity contribution in [2.45, 2.75) is 26.1 Å². The van der Waals surface area contributed by atoms with Crippen LogP contribution in [0.2, 0.25) is 10.0 Å². The lowest BCUT2D eigenvalue weighted by Gasteiger charge is -2.15. The van der Waals surface area contributed by atoms with E-state index < -0.39 is 23.1 Å². The minimum absolute atomic E-state index is 0.0115. The topological polar surface area (TPSA) is 64.1 Å². The van der Waals surface area contributed by atoms with Crippen molar-refractivity contribution >= 4 is 23.2 Å². The van der Waals surface area contributed by atoms with Crippen LogP contribution in [0.3, 0.4) is 0 Å². The van der Waals surface area contributed by atoms with Gasteiger partial charge in [-0.3, -0.25) is 4.79 Å². The SMILES string of the molecule is CC(C)Oc1c(Cl)cc(-n2c(=O)cc(C(F)(F)F)[nH]c2=O)cc1Cl. The fourth-order valence-electron chi connectivity index (χ4n) is 1.92. The molecule has 0 saturated heterocycles. The molecule has 0 amide bonds. The minimum Gasteiger partial charge on any atom is -0.488 e. The molecule has 10 heteroatoms. The van der Waals surface area contributed by atoms with Crippen molar-refractivity contribution < 1.29 is 17.9 Å². The van der Waals surface area contributed by atoms with E-state index in [0.29, 0.717) is 4.57 Å². The first-order valence-corrected chi connectivity index (χ1v) is 7.36. The number of ether oxygens (including phenoxy) is 1. The third kappa shape index (κ3) is 3.76. The summed E-state index contributed by atoms with van der Waals surface area (Å²) in [7, 11) is 0. The molecule has 24 heavy (non-hydrogen) atoms. The number of alkyl halides is 3. The maximum atomic E-state index is 12.6. The zero-order valence-corrected chi connectivity index (χ0v) is 13.9. The van der Waals surface area contributed by atoms with Gasteiger partial charge in [0, 0.05) is 6.07 Å². The predicted molar refractivity (Wildman–Crippen MR) is 83.4 cm³/mol. The lowest BCUT2D eigenvalue weighted by molar-refractivity contribution is -0.141. The second kappa shape index (κ2) is 6.52. The van der Waals surface area contributed by atoms with E-state index in [1.54, 1.807) is 18.8 Å². The number of rotatable bonds is 3. The van der Waals surface area contributed by atoms with E-state index in [1.165, 1.54) is 12.1 Å². The van der Waals surface area contributed by atoms with Crippen LogP contribution in [0.15, 0.2) is 27.8 Å². The molecule has 0 fully saturated rings. The van der Waals surface area contributed by atoms with Crippen LogP contribution >= 0.6 is 23.2 Å². The molecule has 0 atom stereocenters. The number of H-pyrrole nitrogens is 1. The summed E-state index contributed by atoms with van der Waals surface area (Å²) in [5.74, 6) is 0.147. The molecule has 2 aromatic rings. The largest absolute Gasteiger partial charge is 0.488 e. The van der Waals surface area contributed by atoms with E-state index in [0.717, 1.165) is 0 Å². The smallest absolute Gasteiger partial charge is 0.431 e. The Morgan fingerprint density at radius 3 is 2.08 bits per heavy atom. The van der Waals surface area contributed by atoms with Crippen LogP contribution in [0.4, 0.5) is 13.2 Å². The summed E-state index contributed by atoms with van der Waals surface area (Å²) < 4.78 is 43.7. The third-order valence-electron chi connectivity index (χ3n) is 2.83. The van der Waals surface area contributed by atoms with Gasteiger partial charge in [0.25, 0.3) is 5.56 Å². The lowest BCUT2D eigenvalue weighted by atomic mass is 10.2. The number of aromatic nitrogens is 2. The van der Waals surface area contributed by atoms with Crippen molar-refractivity contribution in [2.24, 2.45) is 0 Å². The van der Waals surface area contributed by atoms with Gasteiger partial charge in [-0.1, -0.05) is 23.2 Å². The Labute approximate surface area is 143 Å². The van der Waals surface area contributed by atoms with E-state index in [4.69, 9.17) is 27.9 Å². The first-order valence-electron chi connectivity index (χ1n) is 6.60. The molecule has 0 radical (unpaired) electrons. The number of nitrogens with zero attached hydrogens (tertiary/aromatic N) is 1. The average molecular weight is 383 g/mol. The molecule has 2 rings (SSSR count). The number of hydrogen-bond donors (Lipinski definition) is 1. The second-order valence-corrected chi connectivity index (χ2v) is 5.88. The Balaban J connectivity index is 2.62.